The van der Waals surface area contributed by atoms with Crippen molar-refractivity contribution in [3.8, 4) is 11.3 Å². The number of rotatable bonds is 1. The number of pyridine rings is 1. The van der Waals surface area contributed by atoms with E-state index in [1.807, 2.05) is 61.5 Å². The number of carbonyl (C=O) groups excluding carboxylic acids is 1. The van der Waals surface area contributed by atoms with Gasteiger partial charge in [0, 0.05) is 16.5 Å². The highest BCUT2D eigenvalue weighted by Gasteiger charge is 2.33. The SMILES string of the molecule is CC1OC(=O)c2c1c(-c1ccccc1)nc1ccccc21. The van der Waals surface area contributed by atoms with Crippen molar-refractivity contribution in [2.24, 2.45) is 0 Å². The predicted molar refractivity (Wildman–Crippen MR) is 81.0 cm³/mol. The molecule has 2 heterocycles. The number of para-hydroxylation sites is 1. The van der Waals surface area contributed by atoms with Crippen LogP contribution in [0.2, 0.25) is 0 Å². The fourth-order valence-electron chi connectivity index (χ4n) is 2.94. The minimum atomic E-state index is -0.264. The van der Waals surface area contributed by atoms with E-state index in [0.717, 1.165) is 27.7 Å². The number of ether oxygens (including phenoxy) is 1. The second-order valence-corrected chi connectivity index (χ2v) is 5.18. The molecular weight excluding hydrogens is 262 g/mol. The molecule has 3 heteroatoms. The molecule has 1 aromatic heterocycles. The molecule has 1 atom stereocenters. The average Bonchev–Trinajstić information content (AvgIpc) is 2.83. The molecule has 1 aliphatic heterocycles. The smallest absolute Gasteiger partial charge is 0.339 e. The molecule has 102 valence electrons. The van der Waals surface area contributed by atoms with Crippen molar-refractivity contribution in [2.45, 2.75) is 13.0 Å². The fraction of sp³-hybridized carbons (Fsp3) is 0.111. The van der Waals surface area contributed by atoms with E-state index in [-0.39, 0.29) is 12.1 Å². The van der Waals surface area contributed by atoms with E-state index >= 15 is 0 Å². The van der Waals surface area contributed by atoms with Crippen LogP contribution in [0.3, 0.4) is 0 Å². The van der Waals surface area contributed by atoms with E-state index < -0.39 is 0 Å². The van der Waals surface area contributed by atoms with Gasteiger partial charge < -0.3 is 4.74 Å². The summed E-state index contributed by atoms with van der Waals surface area (Å²) >= 11 is 0. The maximum absolute atomic E-state index is 12.2. The van der Waals surface area contributed by atoms with Crippen LogP contribution in [-0.2, 0) is 4.74 Å². The van der Waals surface area contributed by atoms with Crippen molar-refractivity contribution in [1.82, 2.24) is 4.98 Å². The monoisotopic (exact) mass is 275 g/mol. The molecule has 0 saturated heterocycles. The molecule has 0 saturated carbocycles. The average molecular weight is 275 g/mol. The molecule has 4 rings (SSSR count). The zero-order chi connectivity index (χ0) is 14.4. The first-order valence-corrected chi connectivity index (χ1v) is 6.95. The Morgan fingerprint density at radius 3 is 2.52 bits per heavy atom. The van der Waals surface area contributed by atoms with Gasteiger partial charge in [-0.05, 0) is 13.0 Å². The molecule has 3 aromatic rings. The van der Waals surface area contributed by atoms with Gasteiger partial charge in [0.1, 0.15) is 6.10 Å². The van der Waals surface area contributed by atoms with Crippen LogP contribution in [0.5, 0.6) is 0 Å². The summed E-state index contributed by atoms with van der Waals surface area (Å²) < 4.78 is 5.42. The highest BCUT2D eigenvalue weighted by atomic mass is 16.5. The third-order valence-electron chi connectivity index (χ3n) is 3.87. The summed E-state index contributed by atoms with van der Waals surface area (Å²) in [5.41, 5.74) is 4.21. The topological polar surface area (TPSA) is 39.2 Å². The molecule has 0 spiro atoms. The van der Waals surface area contributed by atoms with Gasteiger partial charge in [0.15, 0.2) is 0 Å². The van der Waals surface area contributed by atoms with Gasteiger partial charge in [-0.15, -0.1) is 0 Å². The lowest BCUT2D eigenvalue weighted by Crippen LogP contribution is -1.99. The lowest BCUT2D eigenvalue weighted by molar-refractivity contribution is 0.0423. The Kier molecular flexibility index (Phi) is 2.54. The van der Waals surface area contributed by atoms with E-state index in [1.165, 1.54) is 0 Å². The Balaban J connectivity index is 2.13. The van der Waals surface area contributed by atoms with Crippen LogP contribution >= 0.6 is 0 Å². The van der Waals surface area contributed by atoms with Gasteiger partial charge in [0.05, 0.1) is 16.8 Å². The molecule has 0 aliphatic carbocycles. The quantitative estimate of drug-likeness (QED) is 0.627. The van der Waals surface area contributed by atoms with E-state index in [4.69, 9.17) is 9.72 Å². The summed E-state index contributed by atoms with van der Waals surface area (Å²) in [6.45, 7) is 1.90. The first-order valence-electron chi connectivity index (χ1n) is 6.95. The van der Waals surface area contributed by atoms with Crippen LogP contribution in [0.25, 0.3) is 22.2 Å². The van der Waals surface area contributed by atoms with Crippen LogP contribution < -0.4 is 0 Å². The van der Waals surface area contributed by atoms with Crippen molar-refractivity contribution in [1.29, 1.82) is 0 Å². The molecule has 0 amide bonds. The minimum Gasteiger partial charge on any atom is -0.454 e. The van der Waals surface area contributed by atoms with Crippen LogP contribution in [0, 0.1) is 0 Å². The number of cyclic esters (lactones) is 1. The van der Waals surface area contributed by atoms with Crippen molar-refractivity contribution in [2.75, 3.05) is 0 Å². The summed E-state index contributed by atoms with van der Waals surface area (Å²) in [5.74, 6) is -0.256. The van der Waals surface area contributed by atoms with Crippen LogP contribution in [0.15, 0.2) is 54.6 Å². The zero-order valence-corrected chi connectivity index (χ0v) is 11.5. The Bertz CT molecular complexity index is 856. The van der Waals surface area contributed by atoms with Gasteiger partial charge in [-0.1, -0.05) is 48.5 Å². The first kappa shape index (κ1) is 12.1. The van der Waals surface area contributed by atoms with Crippen molar-refractivity contribution >= 4 is 16.9 Å². The molecule has 21 heavy (non-hydrogen) atoms. The standard InChI is InChI=1S/C18H13NO2/c1-11-15-16(18(20)21-11)13-9-5-6-10-14(13)19-17(15)12-7-3-2-4-8-12/h2-11H,1H3. The van der Waals surface area contributed by atoms with Gasteiger partial charge in [-0.25, -0.2) is 9.78 Å². The van der Waals surface area contributed by atoms with Gasteiger partial charge in [-0.3, -0.25) is 0 Å². The van der Waals surface area contributed by atoms with Crippen molar-refractivity contribution < 1.29 is 9.53 Å². The molecule has 0 fully saturated rings. The van der Waals surface area contributed by atoms with Crippen LogP contribution in [-0.4, -0.2) is 11.0 Å². The number of hydrogen-bond acceptors (Lipinski definition) is 3. The Morgan fingerprint density at radius 2 is 1.71 bits per heavy atom. The molecule has 1 unspecified atom stereocenters. The largest absolute Gasteiger partial charge is 0.454 e. The maximum Gasteiger partial charge on any atom is 0.339 e. The third kappa shape index (κ3) is 1.74. The lowest BCUT2D eigenvalue weighted by atomic mass is 9.96. The van der Waals surface area contributed by atoms with Crippen molar-refractivity contribution in [3.05, 3.63) is 65.7 Å². The molecule has 2 aromatic carbocycles. The lowest BCUT2D eigenvalue weighted by Gasteiger charge is -2.11. The summed E-state index contributed by atoms with van der Waals surface area (Å²) in [5, 5.41) is 0.863. The second kappa shape index (κ2) is 4.42. The summed E-state index contributed by atoms with van der Waals surface area (Å²) in [7, 11) is 0. The van der Waals surface area contributed by atoms with Gasteiger partial charge in [0.25, 0.3) is 0 Å². The van der Waals surface area contributed by atoms with Gasteiger partial charge in [0.2, 0.25) is 0 Å². The molecular formula is C18H13NO2. The van der Waals surface area contributed by atoms with Crippen LogP contribution in [0.4, 0.5) is 0 Å². The predicted octanol–water partition coefficient (Wildman–Crippen LogP) is 4.13. The number of aromatic nitrogens is 1. The van der Waals surface area contributed by atoms with E-state index in [2.05, 4.69) is 0 Å². The summed E-state index contributed by atoms with van der Waals surface area (Å²) in [6, 6.07) is 17.6. The van der Waals surface area contributed by atoms with E-state index in [9.17, 15) is 4.79 Å². The zero-order valence-electron chi connectivity index (χ0n) is 11.5. The number of hydrogen-bond donors (Lipinski definition) is 0. The third-order valence-corrected chi connectivity index (χ3v) is 3.87. The van der Waals surface area contributed by atoms with E-state index in [1.54, 1.807) is 0 Å². The number of benzene rings is 2. The highest BCUT2D eigenvalue weighted by molar-refractivity contribution is 6.08. The maximum atomic E-state index is 12.2. The number of nitrogens with zero attached hydrogens (tertiary/aromatic N) is 1. The minimum absolute atomic E-state index is 0.256. The summed E-state index contributed by atoms with van der Waals surface area (Å²) in [4.78, 5) is 17.0. The molecule has 0 bridgehead atoms. The fourth-order valence-corrected chi connectivity index (χ4v) is 2.94. The highest BCUT2D eigenvalue weighted by Crippen LogP contribution is 2.40. The van der Waals surface area contributed by atoms with E-state index in [0.29, 0.717) is 5.56 Å². The molecule has 0 N–H and O–H groups in total. The van der Waals surface area contributed by atoms with Crippen LogP contribution in [0.1, 0.15) is 28.9 Å². The summed E-state index contributed by atoms with van der Waals surface area (Å²) in [6.07, 6.45) is -0.264. The molecule has 1 aliphatic rings. The Hall–Kier alpha value is -2.68. The first-order chi connectivity index (χ1) is 10.3. The molecule has 0 radical (unpaired) electrons. The molecule has 3 nitrogen and oxygen atoms in total. The number of carbonyl (C=O) groups is 1. The Morgan fingerprint density at radius 1 is 1.00 bits per heavy atom. The Labute approximate surface area is 122 Å². The normalized spacial score (nSPS) is 16.8. The van der Waals surface area contributed by atoms with Crippen molar-refractivity contribution in [3.63, 3.8) is 0 Å². The number of esters is 1. The number of fused-ring (bicyclic) bond motifs is 3. The van der Waals surface area contributed by atoms with Gasteiger partial charge >= 0.3 is 5.97 Å². The second-order valence-electron chi connectivity index (χ2n) is 5.18. The van der Waals surface area contributed by atoms with Gasteiger partial charge in [-0.2, -0.15) is 0 Å².